The van der Waals surface area contributed by atoms with Crippen LogP contribution in [-0.2, 0) is 41.8 Å². The van der Waals surface area contributed by atoms with Crippen molar-refractivity contribution < 1.29 is 52.8 Å². The number of amides is 3. The molecule has 3 heterocycles. The van der Waals surface area contributed by atoms with E-state index in [9.17, 15) is 29.1 Å². The standard InChI is InChI=1S/C35H41N3O11S/c1-19-29-28(20(2)39)32(41)38(29)30(33(42)49-35(44)48-18-23-8-12-26(46-5)13-9-23)31(19)50-27-14-24(15-36-21(3)40)37(16-27)34(43)47-17-22-6-10-25(45-4)11-7-22/h6-13,19-20,24,27-29,39H,14-18H2,1-5H3,(H,36,40)/t19-,20-,24+,27+,28-,29-/m1/s1. The fourth-order valence-electron chi connectivity index (χ4n) is 6.45. The maximum Gasteiger partial charge on any atom is 0.516 e. The zero-order valence-corrected chi connectivity index (χ0v) is 29.3. The number of benzene rings is 2. The Hall–Kier alpha value is -4.76. The van der Waals surface area contributed by atoms with Gasteiger partial charge in [0, 0.05) is 36.1 Å². The normalized spacial score (nSPS) is 23.1. The number of nitrogens with zero attached hydrogens (tertiary/aromatic N) is 2. The van der Waals surface area contributed by atoms with E-state index in [0.717, 1.165) is 5.56 Å². The SMILES string of the molecule is COc1ccc(COC(=O)OC(=O)C2=C(S[C@H]3C[C@@H](CNC(C)=O)N(C(=O)OCc4ccc(OC)cc4)C3)[C@H](C)[C@@H]3[C@@H]([C@@H](C)O)C(=O)N23)cc1. The van der Waals surface area contributed by atoms with Crippen LogP contribution >= 0.6 is 11.8 Å². The maximum absolute atomic E-state index is 13.6. The molecule has 0 aliphatic carbocycles. The third-order valence-electron chi connectivity index (χ3n) is 9.01. The average molecular weight is 712 g/mol. The number of ether oxygens (including phenoxy) is 5. The molecule has 5 rings (SSSR count). The molecular formula is C35H41N3O11S. The van der Waals surface area contributed by atoms with Gasteiger partial charge in [0.2, 0.25) is 11.8 Å². The molecule has 0 spiro atoms. The van der Waals surface area contributed by atoms with Crippen LogP contribution < -0.4 is 14.8 Å². The van der Waals surface area contributed by atoms with Crippen molar-refractivity contribution in [2.45, 2.75) is 63.8 Å². The minimum Gasteiger partial charge on any atom is -0.497 e. The summed E-state index contributed by atoms with van der Waals surface area (Å²) in [5, 5.41) is 12.9. The van der Waals surface area contributed by atoms with E-state index in [1.54, 1.807) is 60.5 Å². The number of aliphatic hydroxyl groups is 1. The number of esters is 1. The Morgan fingerprint density at radius 2 is 1.54 bits per heavy atom. The van der Waals surface area contributed by atoms with Gasteiger partial charge in [-0.05, 0) is 48.7 Å². The first kappa shape index (κ1) is 36.5. The van der Waals surface area contributed by atoms with E-state index in [-0.39, 0.29) is 49.1 Å². The van der Waals surface area contributed by atoms with Crippen LogP contribution in [0.15, 0.2) is 59.1 Å². The van der Waals surface area contributed by atoms with Crippen molar-refractivity contribution in [3.05, 3.63) is 70.3 Å². The number of rotatable bonds is 12. The third kappa shape index (κ3) is 7.99. The minimum absolute atomic E-state index is 0.0240. The summed E-state index contributed by atoms with van der Waals surface area (Å²) in [6.45, 7) is 5.02. The number of aliphatic hydroxyl groups excluding tert-OH is 1. The van der Waals surface area contributed by atoms with Gasteiger partial charge in [0.15, 0.2) is 0 Å². The Balaban J connectivity index is 1.31. The molecule has 0 bridgehead atoms. The second kappa shape index (κ2) is 15.9. The Labute approximate surface area is 294 Å². The van der Waals surface area contributed by atoms with Crippen LogP contribution in [0.5, 0.6) is 11.5 Å². The van der Waals surface area contributed by atoms with Gasteiger partial charge in [-0.25, -0.2) is 14.4 Å². The number of fused-ring (bicyclic) bond motifs is 1. The average Bonchev–Trinajstić information content (AvgIpc) is 3.61. The first-order valence-electron chi connectivity index (χ1n) is 16.2. The lowest BCUT2D eigenvalue weighted by atomic mass is 9.79. The van der Waals surface area contributed by atoms with E-state index in [0.29, 0.717) is 28.4 Å². The number of hydrogen-bond acceptors (Lipinski definition) is 12. The van der Waals surface area contributed by atoms with Gasteiger partial charge >= 0.3 is 18.2 Å². The Bertz CT molecular complexity index is 1630. The molecule has 15 heteroatoms. The molecule has 0 saturated carbocycles. The summed E-state index contributed by atoms with van der Waals surface area (Å²) in [6.07, 6.45) is -2.34. The first-order valence-corrected chi connectivity index (χ1v) is 17.0. The number of β-lactam (4-membered cyclic amide) rings is 1. The predicted molar refractivity (Wildman–Crippen MR) is 180 cm³/mol. The molecule has 2 aromatic rings. The molecule has 268 valence electrons. The van der Waals surface area contributed by atoms with Crippen molar-refractivity contribution in [2.75, 3.05) is 27.3 Å². The van der Waals surface area contributed by atoms with Crippen LogP contribution in [0.4, 0.5) is 9.59 Å². The van der Waals surface area contributed by atoms with Crippen LogP contribution in [0, 0.1) is 11.8 Å². The first-order chi connectivity index (χ1) is 23.9. The fourth-order valence-corrected chi connectivity index (χ4v) is 8.01. The van der Waals surface area contributed by atoms with Crippen LogP contribution in [0.2, 0.25) is 0 Å². The van der Waals surface area contributed by atoms with E-state index < -0.39 is 48.2 Å². The quantitative estimate of drug-likeness (QED) is 0.187. The van der Waals surface area contributed by atoms with Gasteiger partial charge in [-0.2, -0.15) is 0 Å². The van der Waals surface area contributed by atoms with Crippen molar-refractivity contribution in [1.82, 2.24) is 15.1 Å². The molecule has 2 N–H and O–H groups in total. The fraction of sp³-hybridized carbons (Fsp3) is 0.457. The lowest BCUT2D eigenvalue weighted by Gasteiger charge is -2.46. The number of likely N-dealkylation sites (tertiary alicyclic amines) is 1. The molecule has 2 aromatic carbocycles. The van der Waals surface area contributed by atoms with Crippen LogP contribution in [0.1, 0.15) is 38.3 Å². The van der Waals surface area contributed by atoms with E-state index >= 15 is 0 Å². The van der Waals surface area contributed by atoms with Gasteiger partial charge in [0.05, 0.1) is 38.3 Å². The molecule has 0 aromatic heterocycles. The smallest absolute Gasteiger partial charge is 0.497 e. The summed E-state index contributed by atoms with van der Waals surface area (Å²) in [5.41, 5.74) is 1.31. The van der Waals surface area contributed by atoms with Crippen molar-refractivity contribution in [3.63, 3.8) is 0 Å². The molecular weight excluding hydrogens is 670 g/mol. The molecule has 2 saturated heterocycles. The molecule has 3 aliphatic rings. The number of thioether (sulfide) groups is 1. The molecule has 14 nitrogen and oxygen atoms in total. The monoisotopic (exact) mass is 711 g/mol. The minimum atomic E-state index is -1.24. The van der Waals surface area contributed by atoms with Gasteiger partial charge in [-0.1, -0.05) is 31.2 Å². The van der Waals surface area contributed by atoms with E-state index in [4.69, 9.17) is 23.7 Å². The Morgan fingerprint density at radius 1 is 0.960 bits per heavy atom. The van der Waals surface area contributed by atoms with Crippen molar-refractivity contribution in [3.8, 4) is 11.5 Å². The van der Waals surface area contributed by atoms with Crippen LogP contribution in [-0.4, -0.2) is 95.7 Å². The summed E-state index contributed by atoms with van der Waals surface area (Å²) in [7, 11) is 3.09. The van der Waals surface area contributed by atoms with Crippen LogP contribution in [0.25, 0.3) is 0 Å². The molecule has 2 fully saturated rings. The van der Waals surface area contributed by atoms with Gasteiger partial charge in [0.1, 0.15) is 30.4 Å². The Morgan fingerprint density at radius 3 is 2.08 bits per heavy atom. The molecule has 50 heavy (non-hydrogen) atoms. The number of methoxy groups -OCH3 is 2. The van der Waals surface area contributed by atoms with Crippen LogP contribution in [0.3, 0.4) is 0 Å². The van der Waals surface area contributed by atoms with Gasteiger partial charge in [-0.15, -0.1) is 11.8 Å². The zero-order valence-electron chi connectivity index (χ0n) is 28.5. The number of nitrogens with one attached hydrogen (secondary N) is 1. The van der Waals surface area contributed by atoms with E-state index in [1.807, 2.05) is 6.92 Å². The van der Waals surface area contributed by atoms with E-state index in [2.05, 4.69) is 5.32 Å². The number of carbonyl (C=O) groups excluding carboxylic acids is 5. The molecule has 6 atom stereocenters. The molecule has 0 radical (unpaired) electrons. The van der Waals surface area contributed by atoms with Gasteiger partial charge in [-0.3, -0.25) is 9.59 Å². The highest BCUT2D eigenvalue weighted by Gasteiger charge is 2.61. The lowest BCUT2D eigenvalue weighted by molar-refractivity contribution is -0.163. The maximum atomic E-state index is 13.6. The number of hydrogen-bond donors (Lipinski definition) is 2. The summed E-state index contributed by atoms with van der Waals surface area (Å²) >= 11 is 1.30. The summed E-state index contributed by atoms with van der Waals surface area (Å²) in [5.74, 6) is -1.60. The second-order valence-corrected chi connectivity index (χ2v) is 13.7. The second-order valence-electron chi connectivity index (χ2n) is 12.4. The lowest BCUT2D eigenvalue weighted by Crippen LogP contribution is -2.63. The molecule has 0 unspecified atom stereocenters. The summed E-state index contributed by atoms with van der Waals surface area (Å²) < 4.78 is 26.2. The summed E-state index contributed by atoms with van der Waals surface area (Å²) in [4.78, 5) is 67.8. The van der Waals surface area contributed by atoms with Gasteiger partial charge in [0.25, 0.3) is 0 Å². The van der Waals surface area contributed by atoms with Crippen molar-refractivity contribution in [1.29, 1.82) is 0 Å². The zero-order chi connectivity index (χ0) is 36.1. The predicted octanol–water partition coefficient (Wildman–Crippen LogP) is 3.60. The highest BCUT2D eigenvalue weighted by molar-refractivity contribution is 8.03. The number of carbonyl (C=O) groups is 5. The molecule has 3 amide bonds. The van der Waals surface area contributed by atoms with E-state index in [1.165, 1.54) is 37.6 Å². The van der Waals surface area contributed by atoms with Crippen molar-refractivity contribution >= 4 is 41.8 Å². The largest absolute Gasteiger partial charge is 0.516 e. The third-order valence-corrected chi connectivity index (χ3v) is 10.5. The topological polar surface area (TPSA) is 170 Å². The highest BCUT2D eigenvalue weighted by Crippen LogP contribution is 2.52. The Kier molecular flexibility index (Phi) is 11.6. The summed E-state index contributed by atoms with van der Waals surface area (Å²) in [6, 6.07) is 13.0. The van der Waals surface area contributed by atoms with Crippen molar-refractivity contribution in [2.24, 2.45) is 11.8 Å². The molecule has 3 aliphatic heterocycles. The highest BCUT2D eigenvalue weighted by atomic mass is 32.2. The van der Waals surface area contributed by atoms with Gasteiger partial charge < -0.3 is 43.9 Å².